The Kier molecular flexibility index (Phi) is 11.1. The van der Waals surface area contributed by atoms with Gasteiger partial charge in [-0.2, -0.15) is 0 Å². The van der Waals surface area contributed by atoms with Crippen molar-refractivity contribution < 1.29 is 18.4 Å². The lowest BCUT2D eigenvalue weighted by Crippen LogP contribution is -2.46. The third-order valence-electron chi connectivity index (χ3n) is 2.22. The third-order valence-corrected chi connectivity index (χ3v) is 5.37. The lowest BCUT2D eigenvalue weighted by molar-refractivity contribution is 0.0708. The van der Waals surface area contributed by atoms with Crippen LogP contribution in [0.15, 0.2) is 0 Å². The average molecular weight is 265 g/mol. The Morgan fingerprint density at radius 2 is 1.47 bits per heavy atom. The number of rotatable bonds is 12. The molecule has 0 rings (SSSR count). The zero-order valence-corrected chi connectivity index (χ0v) is 12.3. The first-order valence-electron chi connectivity index (χ1n) is 6.48. The van der Waals surface area contributed by atoms with Gasteiger partial charge < -0.3 is 23.7 Å². The van der Waals surface area contributed by atoms with E-state index >= 15 is 0 Å². The van der Waals surface area contributed by atoms with Crippen molar-refractivity contribution in [2.75, 3.05) is 39.5 Å². The van der Waals surface area contributed by atoms with E-state index in [0.717, 1.165) is 19.0 Å². The molecule has 0 radical (unpaired) electrons. The van der Waals surface area contributed by atoms with Crippen LogP contribution in [0.5, 0.6) is 0 Å². The highest BCUT2D eigenvalue weighted by Crippen LogP contribution is 2.17. The maximum Gasteiger partial charge on any atom is 0.500 e. The predicted octanol–water partition coefficient (Wildman–Crippen LogP) is 1.01. The quantitative estimate of drug-likeness (QED) is 0.407. The molecule has 0 aliphatic rings. The molecule has 17 heavy (non-hydrogen) atoms. The Morgan fingerprint density at radius 1 is 0.941 bits per heavy atom. The zero-order valence-electron chi connectivity index (χ0n) is 11.3. The van der Waals surface area contributed by atoms with Gasteiger partial charge in [0.2, 0.25) is 0 Å². The van der Waals surface area contributed by atoms with Crippen LogP contribution in [-0.2, 0) is 13.3 Å². The van der Waals surface area contributed by atoms with Crippen LogP contribution in [0.1, 0.15) is 27.2 Å². The molecule has 0 aliphatic heterocycles. The second-order valence-electron chi connectivity index (χ2n) is 3.56. The highest BCUT2D eigenvalue weighted by Gasteiger charge is 2.39. The molecule has 6 heteroatoms. The summed E-state index contributed by atoms with van der Waals surface area (Å²) in [5.41, 5.74) is 0. The second kappa shape index (κ2) is 11.1. The molecule has 0 spiro atoms. The summed E-state index contributed by atoms with van der Waals surface area (Å²) in [6, 6.07) is 0.820. The predicted molar refractivity (Wildman–Crippen MR) is 70.0 cm³/mol. The van der Waals surface area contributed by atoms with Gasteiger partial charge in [0.15, 0.2) is 0 Å². The summed E-state index contributed by atoms with van der Waals surface area (Å²) in [6.45, 7) is 9.40. The van der Waals surface area contributed by atoms with E-state index < -0.39 is 8.80 Å². The largest absolute Gasteiger partial charge is 0.500 e. The molecule has 0 atom stereocenters. The van der Waals surface area contributed by atoms with E-state index in [2.05, 4.69) is 5.32 Å². The molecule has 0 aromatic carbocycles. The van der Waals surface area contributed by atoms with E-state index in [4.69, 9.17) is 18.4 Å². The van der Waals surface area contributed by atoms with Crippen LogP contribution >= 0.6 is 0 Å². The van der Waals surface area contributed by atoms with Crippen molar-refractivity contribution in [3.63, 3.8) is 0 Å². The molecule has 0 unspecified atom stereocenters. The van der Waals surface area contributed by atoms with E-state index in [1.807, 2.05) is 20.8 Å². The van der Waals surface area contributed by atoms with Gasteiger partial charge in [-0.15, -0.1) is 0 Å². The third kappa shape index (κ3) is 7.85. The fraction of sp³-hybridized carbons (Fsp3) is 1.00. The van der Waals surface area contributed by atoms with Crippen LogP contribution < -0.4 is 5.32 Å². The van der Waals surface area contributed by atoms with Crippen LogP contribution in [0.2, 0.25) is 6.04 Å². The van der Waals surface area contributed by atoms with Gasteiger partial charge in [0.1, 0.15) is 0 Å². The summed E-state index contributed by atoms with van der Waals surface area (Å²) in [5, 5.41) is 11.8. The zero-order chi connectivity index (χ0) is 13.0. The van der Waals surface area contributed by atoms with E-state index in [1.165, 1.54) is 0 Å². The number of hydrogen-bond donors (Lipinski definition) is 2. The molecule has 0 bridgehead atoms. The summed E-state index contributed by atoms with van der Waals surface area (Å²) in [6.07, 6.45) is 0.937. The molecule has 0 aliphatic carbocycles. The maximum atomic E-state index is 8.65. The van der Waals surface area contributed by atoms with Crippen molar-refractivity contribution in [1.82, 2.24) is 5.32 Å². The van der Waals surface area contributed by atoms with Crippen molar-refractivity contribution in [1.29, 1.82) is 0 Å². The second-order valence-corrected chi connectivity index (χ2v) is 6.29. The first-order chi connectivity index (χ1) is 8.24. The molecule has 0 heterocycles. The number of aliphatic hydroxyl groups excluding tert-OH is 1. The molecule has 2 N–H and O–H groups in total. The maximum absolute atomic E-state index is 8.65. The molecular formula is C11H27NO4Si. The van der Waals surface area contributed by atoms with Gasteiger partial charge in [-0.1, -0.05) is 0 Å². The summed E-state index contributed by atoms with van der Waals surface area (Å²) < 4.78 is 17.2. The van der Waals surface area contributed by atoms with E-state index in [1.54, 1.807) is 0 Å². The van der Waals surface area contributed by atoms with Crippen LogP contribution in [0.25, 0.3) is 0 Å². The van der Waals surface area contributed by atoms with Gasteiger partial charge in [-0.3, -0.25) is 0 Å². The molecule has 0 aromatic heterocycles. The Balaban J connectivity index is 4.05. The molecule has 0 aromatic rings. The highest BCUT2D eigenvalue weighted by molar-refractivity contribution is 6.60. The van der Waals surface area contributed by atoms with Gasteiger partial charge in [0.05, 0.1) is 6.61 Å². The summed E-state index contributed by atoms with van der Waals surface area (Å²) in [7, 11) is -2.46. The first kappa shape index (κ1) is 17.0. The van der Waals surface area contributed by atoms with Crippen LogP contribution in [0.3, 0.4) is 0 Å². The van der Waals surface area contributed by atoms with Crippen LogP contribution in [0, 0.1) is 0 Å². The summed E-state index contributed by atoms with van der Waals surface area (Å²) >= 11 is 0. The van der Waals surface area contributed by atoms with E-state index in [9.17, 15) is 0 Å². The average Bonchev–Trinajstić information content (AvgIpc) is 2.30. The Morgan fingerprint density at radius 3 is 1.88 bits per heavy atom. The van der Waals surface area contributed by atoms with E-state index in [0.29, 0.717) is 26.4 Å². The van der Waals surface area contributed by atoms with Crippen molar-refractivity contribution in [2.45, 2.75) is 33.2 Å². The van der Waals surface area contributed by atoms with Gasteiger partial charge in [-0.05, 0) is 33.7 Å². The molecule has 5 nitrogen and oxygen atoms in total. The molecule has 104 valence electrons. The first-order valence-corrected chi connectivity index (χ1v) is 8.41. The van der Waals surface area contributed by atoms with Gasteiger partial charge in [0, 0.05) is 32.4 Å². The van der Waals surface area contributed by atoms with Crippen LogP contribution in [-0.4, -0.2) is 53.4 Å². The lowest BCUT2D eigenvalue weighted by Gasteiger charge is -2.28. The Bertz CT molecular complexity index is 155. The minimum absolute atomic E-state index is 0.172. The monoisotopic (exact) mass is 265 g/mol. The fourth-order valence-corrected chi connectivity index (χ4v) is 4.25. The minimum Gasteiger partial charge on any atom is -0.395 e. The van der Waals surface area contributed by atoms with Crippen molar-refractivity contribution in [2.24, 2.45) is 0 Å². The highest BCUT2D eigenvalue weighted by atomic mass is 28.4. The summed E-state index contributed by atoms with van der Waals surface area (Å²) in [4.78, 5) is 0. The number of hydrogen-bond acceptors (Lipinski definition) is 5. The van der Waals surface area contributed by atoms with E-state index in [-0.39, 0.29) is 6.61 Å². The smallest absolute Gasteiger partial charge is 0.395 e. The molecule has 0 saturated heterocycles. The molecule has 0 saturated carbocycles. The lowest BCUT2D eigenvalue weighted by atomic mass is 10.5. The van der Waals surface area contributed by atoms with Crippen LogP contribution in [0.4, 0.5) is 0 Å². The SMILES string of the molecule is CCO[Si](CCCNCCO)(OCC)OCC. The molecule has 0 fully saturated rings. The normalized spacial score (nSPS) is 12.0. The molecule has 0 amide bonds. The minimum atomic E-state index is -2.46. The van der Waals surface area contributed by atoms with Crippen molar-refractivity contribution >= 4 is 8.80 Å². The van der Waals surface area contributed by atoms with Crippen molar-refractivity contribution in [3.8, 4) is 0 Å². The Labute approximate surface area is 106 Å². The Hall–Kier alpha value is 0.0169. The van der Waals surface area contributed by atoms with Gasteiger partial charge >= 0.3 is 8.80 Å². The molecular weight excluding hydrogens is 238 g/mol. The van der Waals surface area contributed by atoms with Gasteiger partial charge in [0.25, 0.3) is 0 Å². The number of aliphatic hydroxyl groups is 1. The van der Waals surface area contributed by atoms with Crippen molar-refractivity contribution in [3.05, 3.63) is 0 Å². The number of nitrogens with one attached hydrogen (secondary N) is 1. The fourth-order valence-electron chi connectivity index (χ4n) is 1.64. The van der Waals surface area contributed by atoms with Gasteiger partial charge in [-0.25, -0.2) is 0 Å². The standard InChI is InChI=1S/C11H27NO4Si/c1-4-14-17(15-5-2,16-6-3)11-7-8-12-9-10-13/h12-13H,4-11H2,1-3H3. The summed E-state index contributed by atoms with van der Waals surface area (Å²) in [5.74, 6) is 0. The topological polar surface area (TPSA) is 60.0 Å².